The Labute approximate surface area is 160 Å². The molecule has 0 aliphatic carbocycles. The minimum Gasteiger partial charge on any atom is -0.497 e. The number of nitrogens with zero attached hydrogens (tertiary/aromatic N) is 3. The van der Waals surface area contributed by atoms with Crippen LogP contribution in [0.3, 0.4) is 0 Å². The molecule has 6 nitrogen and oxygen atoms in total. The number of hydrogen-bond acceptors (Lipinski definition) is 5. The number of methoxy groups -OCH3 is 1. The van der Waals surface area contributed by atoms with Crippen molar-refractivity contribution in [2.45, 2.75) is 19.4 Å². The molecule has 26 heavy (non-hydrogen) atoms. The number of hydrogen-bond donors (Lipinski definition) is 1. The Kier molecular flexibility index (Phi) is 5.90. The molecule has 0 fully saturated rings. The SMILES string of the molecule is COc1ccc(-c2csc(CCNC(=O)[C@H](C)n3cc(Cl)cn3)n2)cc1. The third-order valence-electron chi connectivity index (χ3n) is 3.92. The lowest BCUT2D eigenvalue weighted by Crippen LogP contribution is -2.32. The molecule has 0 aliphatic rings. The molecule has 0 saturated carbocycles. The van der Waals surface area contributed by atoms with Crippen LogP contribution >= 0.6 is 22.9 Å². The first-order chi connectivity index (χ1) is 12.6. The van der Waals surface area contributed by atoms with Crippen LogP contribution in [0.1, 0.15) is 18.0 Å². The zero-order valence-corrected chi connectivity index (χ0v) is 16.0. The molecule has 0 spiro atoms. The van der Waals surface area contributed by atoms with Crippen molar-refractivity contribution >= 4 is 28.8 Å². The summed E-state index contributed by atoms with van der Waals surface area (Å²) in [7, 11) is 1.64. The lowest BCUT2D eigenvalue weighted by Gasteiger charge is -2.12. The van der Waals surface area contributed by atoms with Gasteiger partial charge in [-0.15, -0.1) is 11.3 Å². The summed E-state index contributed by atoms with van der Waals surface area (Å²) in [6.07, 6.45) is 3.83. The maximum absolute atomic E-state index is 12.2. The van der Waals surface area contributed by atoms with Crippen LogP contribution in [0.25, 0.3) is 11.3 Å². The van der Waals surface area contributed by atoms with Crippen LogP contribution in [0.15, 0.2) is 42.0 Å². The second-order valence-electron chi connectivity index (χ2n) is 5.71. The number of nitrogens with one attached hydrogen (secondary N) is 1. The first-order valence-corrected chi connectivity index (χ1v) is 9.39. The molecular formula is C18H19ClN4O2S. The number of thiazole rings is 1. The van der Waals surface area contributed by atoms with Crippen molar-refractivity contribution in [2.75, 3.05) is 13.7 Å². The fourth-order valence-corrected chi connectivity index (χ4v) is 3.36. The van der Waals surface area contributed by atoms with Crippen molar-refractivity contribution in [3.05, 3.63) is 52.1 Å². The van der Waals surface area contributed by atoms with Crippen LogP contribution in [0.4, 0.5) is 0 Å². The van der Waals surface area contributed by atoms with Crippen molar-refractivity contribution < 1.29 is 9.53 Å². The molecule has 0 saturated heterocycles. The Hall–Kier alpha value is -2.38. The van der Waals surface area contributed by atoms with Crippen molar-refractivity contribution in [3.8, 4) is 17.0 Å². The Morgan fingerprint density at radius 2 is 2.15 bits per heavy atom. The molecule has 0 aliphatic heterocycles. The van der Waals surface area contributed by atoms with Gasteiger partial charge in [-0.3, -0.25) is 9.48 Å². The van der Waals surface area contributed by atoms with Gasteiger partial charge in [0.1, 0.15) is 11.8 Å². The van der Waals surface area contributed by atoms with Gasteiger partial charge >= 0.3 is 0 Å². The number of amides is 1. The van der Waals surface area contributed by atoms with Gasteiger partial charge in [0.25, 0.3) is 0 Å². The van der Waals surface area contributed by atoms with Gasteiger partial charge in [0.05, 0.1) is 29.0 Å². The number of benzene rings is 1. The largest absolute Gasteiger partial charge is 0.497 e. The van der Waals surface area contributed by atoms with E-state index in [0.29, 0.717) is 18.0 Å². The molecule has 3 aromatic rings. The van der Waals surface area contributed by atoms with Crippen molar-refractivity contribution in [3.63, 3.8) is 0 Å². The number of carbonyl (C=O) groups excluding carboxylic acids is 1. The quantitative estimate of drug-likeness (QED) is 0.669. The third-order valence-corrected chi connectivity index (χ3v) is 5.03. The van der Waals surface area contributed by atoms with E-state index in [-0.39, 0.29) is 5.91 Å². The summed E-state index contributed by atoms with van der Waals surface area (Å²) in [4.78, 5) is 16.8. The standard InChI is InChI=1S/C18H19ClN4O2S/c1-12(23-10-14(19)9-21-23)18(24)20-8-7-17-22-16(11-26-17)13-3-5-15(25-2)6-4-13/h3-6,9-12H,7-8H2,1-2H3,(H,20,24)/t12-/m0/s1. The lowest BCUT2D eigenvalue weighted by molar-refractivity contribution is -0.124. The summed E-state index contributed by atoms with van der Waals surface area (Å²) in [5.74, 6) is 0.719. The highest BCUT2D eigenvalue weighted by Gasteiger charge is 2.15. The summed E-state index contributed by atoms with van der Waals surface area (Å²) in [5.41, 5.74) is 1.97. The number of carbonyl (C=O) groups is 1. The monoisotopic (exact) mass is 390 g/mol. The van der Waals surface area contributed by atoms with Gasteiger partial charge in [-0.2, -0.15) is 5.10 Å². The fraction of sp³-hybridized carbons (Fsp3) is 0.278. The van der Waals surface area contributed by atoms with E-state index in [1.54, 1.807) is 36.2 Å². The van der Waals surface area contributed by atoms with Gasteiger partial charge in [-0.1, -0.05) is 11.6 Å². The Morgan fingerprint density at radius 3 is 2.81 bits per heavy atom. The number of aromatic nitrogens is 3. The molecule has 1 amide bonds. The maximum Gasteiger partial charge on any atom is 0.244 e. The molecule has 2 heterocycles. The summed E-state index contributed by atoms with van der Waals surface area (Å²) in [6, 6.07) is 7.38. The summed E-state index contributed by atoms with van der Waals surface area (Å²) >= 11 is 7.42. The van der Waals surface area contributed by atoms with E-state index in [0.717, 1.165) is 22.0 Å². The molecule has 2 aromatic heterocycles. The highest BCUT2D eigenvalue weighted by molar-refractivity contribution is 7.09. The van der Waals surface area contributed by atoms with Crippen molar-refractivity contribution in [1.29, 1.82) is 0 Å². The summed E-state index contributed by atoms with van der Waals surface area (Å²) < 4.78 is 6.71. The predicted octanol–water partition coefficient (Wildman–Crippen LogP) is 3.59. The third kappa shape index (κ3) is 4.42. The van der Waals surface area contributed by atoms with Gasteiger partial charge in [0.15, 0.2) is 0 Å². The van der Waals surface area contributed by atoms with E-state index < -0.39 is 6.04 Å². The van der Waals surface area contributed by atoms with E-state index >= 15 is 0 Å². The lowest BCUT2D eigenvalue weighted by atomic mass is 10.2. The minimum absolute atomic E-state index is 0.100. The highest BCUT2D eigenvalue weighted by Crippen LogP contribution is 2.24. The Balaban J connectivity index is 1.52. The first kappa shape index (κ1) is 18.4. The van der Waals surface area contributed by atoms with Crippen LogP contribution in [0.5, 0.6) is 5.75 Å². The van der Waals surface area contributed by atoms with Gasteiger partial charge in [-0.25, -0.2) is 4.98 Å². The molecule has 8 heteroatoms. The second kappa shape index (κ2) is 8.33. The molecule has 0 radical (unpaired) electrons. The molecule has 1 aromatic carbocycles. The molecule has 0 unspecified atom stereocenters. The summed E-state index contributed by atoms with van der Waals surface area (Å²) in [6.45, 7) is 2.30. The van der Waals surface area contributed by atoms with Crippen molar-refractivity contribution in [1.82, 2.24) is 20.1 Å². The van der Waals surface area contributed by atoms with Gasteiger partial charge in [0, 0.05) is 30.1 Å². The number of rotatable bonds is 7. The molecule has 3 rings (SSSR count). The van der Waals surface area contributed by atoms with Gasteiger partial charge < -0.3 is 10.1 Å². The average molecular weight is 391 g/mol. The highest BCUT2D eigenvalue weighted by atomic mass is 35.5. The van der Waals surface area contributed by atoms with E-state index in [1.807, 2.05) is 29.6 Å². The normalized spacial score (nSPS) is 12.0. The van der Waals surface area contributed by atoms with Crippen LogP contribution < -0.4 is 10.1 Å². The zero-order valence-electron chi connectivity index (χ0n) is 14.5. The Bertz CT molecular complexity index is 875. The fourth-order valence-electron chi connectivity index (χ4n) is 2.41. The van der Waals surface area contributed by atoms with Crippen LogP contribution in [0, 0.1) is 0 Å². The topological polar surface area (TPSA) is 69.0 Å². The number of ether oxygens (including phenoxy) is 1. The van der Waals surface area contributed by atoms with Gasteiger partial charge in [0.2, 0.25) is 5.91 Å². The van der Waals surface area contributed by atoms with Crippen molar-refractivity contribution in [2.24, 2.45) is 0 Å². The van der Waals surface area contributed by atoms with Gasteiger partial charge in [-0.05, 0) is 31.2 Å². The van der Waals surface area contributed by atoms with E-state index in [9.17, 15) is 4.79 Å². The minimum atomic E-state index is -0.409. The van der Waals surface area contributed by atoms with Crippen LogP contribution in [-0.2, 0) is 11.2 Å². The molecule has 136 valence electrons. The first-order valence-electron chi connectivity index (χ1n) is 8.13. The molecule has 0 bridgehead atoms. The number of halogens is 1. The van der Waals surface area contributed by atoms with Crippen LogP contribution in [0.2, 0.25) is 5.02 Å². The molecule has 1 atom stereocenters. The predicted molar refractivity (Wildman–Crippen MR) is 103 cm³/mol. The molecule has 1 N–H and O–H groups in total. The Morgan fingerprint density at radius 1 is 1.38 bits per heavy atom. The maximum atomic E-state index is 12.2. The zero-order chi connectivity index (χ0) is 18.5. The summed E-state index contributed by atoms with van der Waals surface area (Å²) in [5, 5.41) is 10.5. The van der Waals surface area contributed by atoms with E-state index in [4.69, 9.17) is 16.3 Å². The average Bonchev–Trinajstić information content (AvgIpc) is 3.30. The van der Waals surface area contributed by atoms with E-state index in [1.165, 1.54) is 6.20 Å². The smallest absolute Gasteiger partial charge is 0.244 e. The molecular weight excluding hydrogens is 372 g/mol. The second-order valence-corrected chi connectivity index (χ2v) is 7.09. The van der Waals surface area contributed by atoms with Crippen LogP contribution in [-0.4, -0.2) is 34.3 Å². The van der Waals surface area contributed by atoms with E-state index in [2.05, 4.69) is 15.4 Å².